The number of carbonyl (C=O) groups excluding carboxylic acids is 1. The van der Waals surface area contributed by atoms with Gasteiger partial charge in [0.25, 0.3) is 5.91 Å². The number of hydrogen-bond acceptors (Lipinski definition) is 4. The van der Waals surface area contributed by atoms with Crippen LogP contribution in [0.5, 0.6) is 0 Å². The predicted octanol–water partition coefficient (Wildman–Crippen LogP) is 5.66. The van der Waals surface area contributed by atoms with Crippen molar-refractivity contribution in [2.75, 3.05) is 13.2 Å². The maximum Gasteiger partial charge on any atom is 0.417 e. The molecule has 2 heterocycles. The van der Waals surface area contributed by atoms with Gasteiger partial charge < -0.3 is 14.6 Å². The lowest BCUT2D eigenvalue weighted by molar-refractivity contribution is -0.139. The Labute approximate surface area is 228 Å². The summed E-state index contributed by atoms with van der Waals surface area (Å²) in [7, 11) is -4.39. The van der Waals surface area contributed by atoms with Crippen LogP contribution in [0, 0.1) is 12.8 Å². The second kappa shape index (κ2) is 12.0. The SMILES string of the molecule is Cc1c(C(=O)NC2CCOCC2)cc(-c2ccc(S(=O)(=O)NC(C)C)c(C(F)(F)F)c2)n1CC1CCCCC1. The topological polar surface area (TPSA) is 89.4 Å². The molecule has 0 spiro atoms. The van der Waals surface area contributed by atoms with E-state index in [1.165, 1.54) is 12.5 Å². The maximum absolute atomic E-state index is 14.2. The number of carbonyl (C=O) groups is 1. The summed E-state index contributed by atoms with van der Waals surface area (Å²) >= 11 is 0. The van der Waals surface area contributed by atoms with E-state index in [1.54, 1.807) is 19.9 Å². The van der Waals surface area contributed by atoms with Gasteiger partial charge in [-0.3, -0.25) is 4.79 Å². The summed E-state index contributed by atoms with van der Waals surface area (Å²) in [6.07, 6.45) is 1.93. The molecule has 0 unspecified atom stereocenters. The van der Waals surface area contributed by atoms with Gasteiger partial charge in [0.1, 0.15) is 0 Å². The molecule has 4 rings (SSSR count). The Morgan fingerprint density at radius 2 is 1.74 bits per heavy atom. The fraction of sp³-hybridized carbons (Fsp3) is 0.607. The highest BCUT2D eigenvalue weighted by atomic mass is 32.2. The number of aromatic nitrogens is 1. The number of nitrogens with one attached hydrogen (secondary N) is 2. The molecule has 7 nitrogen and oxygen atoms in total. The first-order chi connectivity index (χ1) is 18.4. The van der Waals surface area contributed by atoms with E-state index in [2.05, 4.69) is 10.0 Å². The zero-order valence-electron chi connectivity index (χ0n) is 22.7. The summed E-state index contributed by atoms with van der Waals surface area (Å²) in [6, 6.07) is 4.35. The standard InChI is InChI=1S/C28H38F3N3O4S/c1-18(2)33-39(36,37)26-10-9-21(15-24(26)28(29,30)31)25-16-23(27(35)32-22-11-13-38-14-12-22)19(3)34(25)17-20-7-5-4-6-8-20/h9-10,15-16,18,20,22,33H,4-8,11-14,17H2,1-3H3,(H,32,35). The quantitative estimate of drug-likeness (QED) is 0.430. The van der Waals surface area contributed by atoms with Gasteiger partial charge in [0.15, 0.2) is 0 Å². The van der Waals surface area contributed by atoms with Crippen molar-refractivity contribution in [1.29, 1.82) is 0 Å². The van der Waals surface area contributed by atoms with Crippen LogP contribution in [0.3, 0.4) is 0 Å². The fourth-order valence-electron chi connectivity index (χ4n) is 5.60. The second-order valence-corrected chi connectivity index (χ2v) is 12.7. The normalized spacial score (nSPS) is 18.0. The molecule has 1 saturated heterocycles. The van der Waals surface area contributed by atoms with Gasteiger partial charge in [-0.15, -0.1) is 0 Å². The van der Waals surface area contributed by atoms with Gasteiger partial charge in [-0.1, -0.05) is 25.3 Å². The maximum atomic E-state index is 14.2. The van der Waals surface area contributed by atoms with E-state index in [4.69, 9.17) is 4.74 Å². The Hall–Kier alpha value is -2.37. The number of halogens is 3. The molecule has 39 heavy (non-hydrogen) atoms. The Bertz CT molecular complexity index is 1280. The zero-order chi connectivity index (χ0) is 28.4. The summed E-state index contributed by atoms with van der Waals surface area (Å²) in [4.78, 5) is 12.5. The van der Waals surface area contributed by atoms with Gasteiger partial charge in [-0.05, 0) is 76.1 Å². The first-order valence-electron chi connectivity index (χ1n) is 13.7. The van der Waals surface area contributed by atoms with Crippen LogP contribution in [0.25, 0.3) is 11.3 Å². The van der Waals surface area contributed by atoms with E-state index in [0.29, 0.717) is 55.5 Å². The lowest BCUT2D eigenvalue weighted by atomic mass is 9.89. The van der Waals surface area contributed by atoms with Crippen LogP contribution >= 0.6 is 0 Å². The highest BCUT2D eigenvalue weighted by Gasteiger charge is 2.38. The smallest absolute Gasteiger partial charge is 0.381 e. The van der Waals surface area contributed by atoms with Crippen LogP contribution in [0.2, 0.25) is 0 Å². The predicted molar refractivity (Wildman–Crippen MR) is 143 cm³/mol. The number of hydrogen-bond donors (Lipinski definition) is 2. The third kappa shape index (κ3) is 7.05. The third-order valence-corrected chi connectivity index (χ3v) is 9.31. The lowest BCUT2D eigenvalue weighted by Gasteiger charge is -2.25. The zero-order valence-corrected chi connectivity index (χ0v) is 23.6. The molecule has 1 amide bonds. The molecule has 2 fully saturated rings. The molecular weight excluding hydrogens is 531 g/mol. The first kappa shape index (κ1) is 29.6. The summed E-state index contributed by atoms with van der Waals surface area (Å²) in [6.45, 7) is 6.64. The van der Waals surface area contributed by atoms with Gasteiger partial charge >= 0.3 is 6.18 Å². The lowest BCUT2D eigenvalue weighted by Crippen LogP contribution is -2.39. The fourth-order valence-corrected chi connectivity index (χ4v) is 7.06. The van der Waals surface area contributed by atoms with Crippen molar-refractivity contribution >= 4 is 15.9 Å². The van der Waals surface area contributed by atoms with Crippen molar-refractivity contribution in [1.82, 2.24) is 14.6 Å². The molecule has 2 aromatic rings. The molecule has 1 aromatic carbocycles. The monoisotopic (exact) mass is 569 g/mol. The average Bonchev–Trinajstić information content (AvgIpc) is 3.19. The van der Waals surface area contributed by atoms with Crippen LogP contribution < -0.4 is 10.0 Å². The number of ether oxygens (including phenoxy) is 1. The summed E-state index contributed by atoms with van der Waals surface area (Å²) in [5, 5.41) is 3.05. The summed E-state index contributed by atoms with van der Waals surface area (Å²) < 4.78 is 77.6. The number of amides is 1. The van der Waals surface area contributed by atoms with Crippen LogP contribution in [0.1, 0.15) is 80.4 Å². The van der Waals surface area contributed by atoms with Crippen LogP contribution in [-0.2, 0) is 27.5 Å². The molecule has 11 heteroatoms. The van der Waals surface area contributed by atoms with Gasteiger partial charge in [0.2, 0.25) is 10.0 Å². The molecule has 0 radical (unpaired) electrons. The highest BCUT2D eigenvalue weighted by Crippen LogP contribution is 2.38. The minimum absolute atomic E-state index is 0.0226. The van der Waals surface area contributed by atoms with E-state index >= 15 is 0 Å². The van der Waals surface area contributed by atoms with Gasteiger partial charge in [0.05, 0.1) is 16.0 Å². The first-order valence-corrected chi connectivity index (χ1v) is 15.2. The molecule has 1 saturated carbocycles. The van der Waals surface area contributed by atoms with Crippen molar-refractivity contribution in [3.8, 4) is 11.3 Å². The van der Waals surface area contributed by atoms with Gasteiger partial charge in [-0.2, -0.15) is 13.2 Å². The van der Waals surface area contributed by atoms with Gasteiger partial charge in [0, 0.05) is 43.2 Å². The van der Waals surface area contributed by atoms with Crippen molar-refractivity contribution in [3.63, 3.8) is 0 Å². The second-order valence-electron chi connectivity index (χ2n) is 11.0. The summed E-state index contributed by atoms with van der Waals surface area (Å²) in [5.41, 5.74) is 0.562. The van der Waals surface area contributed by atoms with Crippen LogP contribution in [-0.4, -0.2) is 44.2 Å². The highest BCUT2D eigenvalue weighted by molar-refractivity contribution is 7.89. The minimum Gasteiger partial charge on any atom is -0.381 e. The Kier molecular flexibility index (Phi) is 9.12. The Morgan fingerprint density at radius 1 is 1.08 bits per heavy atom. The Balaban J connectivity index is 1.78. The van der Waals surface area contributed by atoms with E-state index in [0.717, 1.165) is 37.8 Å². The largest absolute Gasteiger partial charge is 0.417 e. The van der Waals surface area contributed by atoms with Crippen molar-refractivity contribution in [3.05, 3.63) is 41.1 Å². The number of benzene rings is 1. The van der Waals surface area contributed by atoms with Crippen LogP contribution in [0.15, 0.2) is 29.2 Å². The van der Waals surface area contributed by atoms with Crippen LogP contribution in [0.4, 0.5) is 13.2 Å². The van der Waals surface area contributed by atoms with E-state index in [9.17, 15) is 26.4 Å². The van der Waals surface area contributed by atoms with Crippen molar-refractivity contribution in [2.45, 2.75) is 95.4 Å². The molecule has 1 aromatic heterocycles. The average molecular weight is 570 g/mol. The van der Waals surface area contributed by atoms with E-state index in [-0.39, 0.29) is 17.5 Å². The molecule has 216 valence electrons. The molecule has 0 atom stereocenters. The molecular formula is C28H38F3N3O4S. The molecule has 1 aliphatic heterocycles. The summed E-state index contributed by atoms with van der Waals surface area (Å²) in [5.74, 6) is 0.0893. The number of alkyl halides is 3. The van der Waals surface area contributed by atoms with Gasteiger partial charge in [-0.25, -0.2) is 13.1 Å². The van der Waals surface area contributed by atoms with E-state index < -0.39 is 32.7 Å². The van der Waals surface area contributed by atoms with Crippen molar-refractivity contribution in [2.24, 2.45) is 5.92 Å². The minimum atomic E-state index is -4.89. The van der Waals surface area contributed by atoms with E-state index in [1.807, 2.05) is 11.5 Å². The molecule has 2 N–H and O–H groups in total. The molecule has 2 aliphatic rings. The molecule has 0 bridgehead atoms. The van der Waals surface area contributed by atoms with Crippen molar-refractivity contribution < 1.29 is 31.1 Å². The molecule has 1 aliphatic carbocycles. The third-order valence-electron chi connectivity index (χ3n) is 7.59. The number of sulfonamides is 1. The number of rotatable bonds is 8. The number of nitrogens with zero attached hydrogens (tertiary/aromatic N) is 1. The Morgan fingerprint density at radius 3 is 2.36 bits per heavy atom.